The number of aromatic nitrogens is 1. The smallest absolute Gasteiger partial charge is 0.0705 e. The van der Waals surface area contributed by atoms with E-state index in [0.717, 1.165) is 18.0 Å². The number of nitrogens with zero attached hydrogens (tertiary/aromatic N) is 1. The van der Waals surface area contributed by atoms with Crippen LogP contribution in [0.2, 0.25) is 0 Å². The van der Waals surface area contributed by atoms with Crippen LogP contribution in [0.5, 0.6) is 0 Å². The van der Waals surface area contributed by atoms with Crippen molar-refractivity contribution in [3.05, 3.63) is 51.2 Å². The first-order valence-corrected chi connectivity index (χ1v) is 9.59. The van der Waals surface area contributed by atoms with Crippen molar-refractivity contribution in [2.45, 2.75) is 51.9 Å². The molecule has 1 aliphatic carbocycles. The van der Waals surface area contributed by atoms with E-state index < -0.39 is 0 Å². The fraction of sp³-hybridized carbons (Fsp3) is 0.450. The zero-order valence-electron chi connectivity index (χ0n) is 13.3. The molecule has 116 valence electrons. The average molecular weight is 405 g/mol. The van der Waals surface area contributed by atoms with Crippen LogP contribution in [0.25, 0.3) is 11.3 Å². The molecule has 22 heavy (non-hydrogen) atoms. The van der Waals surface area contributed by atoms with E-state index in [9.17, 15) is 0 Å². The molecule has 1 nitrogen and oxygen atoms in total. The van der Waals surface area contributed by atoms with Gasteiger partial charge in [0.05, 0.1) is 5.69 Å². The number of benzene rings is 1. The van der Waals surface area contributed by atoms with Gasteiger partial charge in [0.2, 0.25) is 0 Å². The van der Waals surface area contributed by atoms with Crippen molar-refractivity contribution in [2.75, 3.05) is 0 Å². The Hall–Kier alpha value is -0.900. The summed E-state index contributed by atoms with van der Waals surface area (Å²) < 4.78 is 1.27. The monoisotopic (exact) mass is 405 g/mol. The Morgan fingerprint density at radius 2 is 1.91 bits per heavy atom. The van der Waals surface area contributed by atoms with Gasteiger partial charge in [-0.15, -0.1) is 0 Å². The van der Waals surface area contributed by atoms with Gasteiger partial charge in [-0.2, -0.15) is 0 Å². The summed E-state index contributed by atoms with van der Waals surface area (Å²) in [5.74, 6) is 0.880. The van der Waals surface area contributed by atoms with E-state index in [4.69, 9.17) is 4.98 Å². The third-order valence-corrected chi connectivity index (χ3v) is 5.44. The first-order valence-electron chi connectivity index (χ1n) is 8.51. The van der Waals surface area contributed by atoms with Crippen LogP contribution >= 0.6 is 22.6 Å². The van der Waals surface area contributed by atoms with Crippen molar-refractivity contribution in [2.24, 2.45) is 5.92 Å². The van der Waals surface area contributed by atoms with Crippen molar-refractivity contribution in [3.63, 3.8) is 0 Å². The predicted molar refractivity (Wildman–Crippen MR) is 102 cm³/mol. The molecule has 0 N–H and O–H groups in total. The summed E-state index contributed by atoms with van der Waals surface area (Å²) >= 11 is 2.35. The highest BCUT2D eigenvalue weighted by Crippen LogP contribution is 2.30. The van der Waals surface area contributed by atoms with E-state index in [1.54, 1.807) is 0 Å². The van der Waals surface area contributed by atoms with Crippen LogP contribution in [0, 0.1) is 9.49 Å². The Kier molecular flexibility index (Phi) is 5.51. The molecule has 3 rings (SSSR count). The van der Waals surface area contributed by atoms with Crippen LogP contribution in [0.1, 0.15) is 50.3 Å². The number of hydrogen-bond acceptors (Lipinski definition) is 1. The lowest BCUT2D eigenvalue weighted by Gasteiger charge is -2.24. The van der Waals surface area contributed by atoms with Gasteiger partial charge in [0, 0.05) is 14.8 Å². The molecule has 0 radical (unpaired) electrons. The molecule has 0 spiro atoms. The second kappa shape index (κ2) is 7.58. The number of rotatable bonds is 5. The molecule has 1 heterocycles. The van der Waals surface area contributed by atoms with Crippen LogP contribution in [0.3, 0.4) is 0 Å². The van der Waals surface area contributed by atoms with Gasteiger partial charge in [0.1, 0.15) is 0 Å². The average Bonchev–Trinajstić information content (AvgIpc) is 2.55. The standard InChI is InChI=1S/C20H24IN/c1-2-3-4-5-15-6-12-20-17(14-15)9-13-19(22-20)16-7-10-18(21)11-8-16/h7-11,13,15H,2-6,12,14H2,1H3/t15-/m0/s1. The molecule has 0 saturated carbocycles. The van der Waals surface area contributed by atoms with E-state index in [-0.39, 0.29) is 0 Å². The van der Waals surface area contributed by atoms with Gasteiger partial charge in [-0.25, -0.2) is 0 Å². The minimum Gasteiger partial charge on any atom is -0.253 e. The normalized spacial score (nSPS) is 17.3. The lowest BCUT2D eigenvalue weighted by Crippen LogP contribution is -2.15. The molecule has 0 amide bonds. The van der Waals surface area contributed by atoms with Gasteiger partial charge < -0.3 is 0 Å². The fourth-order valence-electron chi connectivity index (χ4n) is 3.40. The van der Waals surface area contributed by atoms with E-state index in [1.807, 2.05) is 0 Å². The molecule has 2 aromatic rings. The summed E-state index contributed by atoms with van der Waals surface area (Å²) in [6.07, 6.45) is 9.21. The van der Waals surface area contributed by atoms with Crippen molar-refractivity contribution >= 4 is 22.6 Å². The number of hydrogen-bond donors (Lipinski definition) is 0. The number of aryl methyl sites for hydroxylation is 1. The SMILES string of the molecule is CCCCC[C@H]1CCc2nc(-c3ccc(I)cc3)ccc2C1. The molecular formula is C20H24IN. The highest BCUT2D eigenvalue weighted by atomic mass is 127. The molecule has 1 aromatic heterocycles. The third kappa shape index (κ3) is 3.89. The minimum atomic E-state index is 0.880. The van der Waals surface area contributed by atoms with E-state index in [1.165, 1.54) is 58.9 Å². The predicted octanol–water partition coefficient (Wildman–Crippen LogP) is 6.04. The van der Waals surface area contributed by atoms with Crippen molar-refractivity contribution < 1.29 is 0 Å². The molecule has 1 aliphatic rings. The lowest BCUT2D eigenvalue weighted by atomic mass is 9.83. The quantitative estimate of drug-likeness (QED) is 0.437. The van der Waals surface area contributed by atoms with Crippen molar-refractivity contribution in [1.29, 1.82) is 0 Å². The Bertz CT molecular complexity index is 618. The first-order chi connectivity index (χ1) is 10.8. The van der Waals surface area contributed by atoms with Crippen molar-refractivity contribution in [1.82, 2.24) is 4.98 Å². The molecule has 0 bridgehead atoms. The summed E-state index contributed by atoms with van der Waals surface area (Å²) in [6.45, 7) is 2.28. The van der Waals surface area contributed by atoms with Crippen LogP contribution in [0.4, 0.5) is 0 Å². The molecule has 1 aromatic carbocycles. The first kappa shape index (κ1) is 16.0. The van der Waals surface area contributed by atoms with E-state index >= 15 is 0 Å². The second-order valence-corrected chi connectivity index (χ2v) is 7.66. The van der Waals surface area contributed by atoms with Gasteiger partial charge in [0.15, 0.2) is 0 Å². The highest BCUT2D eigenvalue weighted by molar-refractivity contribution is 14.1. The zero-order chi connectivity index (χ0) is 15.4. The Balaban J connectivity index is 1.72. The summed E-state index contributed by atoms with van der Waals surface area (Å²) in [5, 5.41) is 0. The summed E-state index contributed by atoms with van der Waals surface area (Å²) in [7, 11) is 0. The van der Waals surface area contributed by atoms with Crippen LogP contribution < -0.4 is 0 Å². The molecule has 0 saturated heterocycles. The molecule has 0 aliphatic heterocycles. The van der Waals surface area contributed by atoms with Gasteiger partial charge >= 0.3 is 0 Å². The Labute approximate surface area is 147 Å². The maximum atomic E-state index is 4.94. The number of fused-ring (bicyclic) bond motifs is 1. The summed E-state index contributed by atoms with van der Waals surface area (Å²) in [5.41, 5.74) is 5.18. The van der Waals surface area contributed by atoms with Crippen LogP contribution in [-0.4, -0.2) is 4.98 Å². The Morgan fingerprint density at radius 1 is 1.09 bits per heavy atom. The number of unbranched alkanes of at least 4 members (excludes halogenated alkanes) is 2. The van der Waals surface area contributed by atoms with E-state index in [2.05, 4.69) is 65.9 Å². The molecule has 2 heteroatoms. The van der Waals surface area contributed by atoms with Gasteiger partial charge in [-0.05, 0) is 71.5 Å². The van der Waals surface area contributed by atoms with E-state index in [0.29, 0.717) is 0 Å². The molecule has 1 atom stereocenters. The second-order valence-electron chi connectivity index (χ2n) is 6.41. The zero-order valence-corrected chi connectivity index (χ0v) is 15.5. The van der Waals surface area contributed by atoms with Gasteiger partial charge in [0.25, 0.3) is 0 Å². The maximum absolute atomic E-state index is 4.94. The van der Waals surface area contributed by atoms with Crippen LogP contribution in [0.15, 0.2) is 36.4 Å². The maximum Gasteiger partial charge on any atom is 0.0705 e. The molecule has 0 unspecified atom stereocenters. The molecule has 0 fully saturated rings. The number of halogens is 1. The largest absolute Gasteiger partial charge is 0.253 e. The van der Waals surface area contributed by atoms with Gasteiger partial charge in [-0.1, -0.05) is 50.8 Å². The Morgan fingerprint density at radius 3 is 2.68 bits per heavy atom. The third-order valence-electron chi connectivity index (χ3n) is 4.72. The van der Waals surface area contributed by atoms with Gasteiger partial charge in [-0.3, -0.25) is 4.98 Å². The highest BCUT2D eigenvalue weighted by Gasteiger charge is 2.19. The minimum absolute atomic E-state index is 0.880. The van der Waals surface area contributed by atoms with Crippen LogP contribution in [-0.2, 0) is 12.8 Å². The fourth-order valence-corrected chi connectivity index (χ4v) is 3.76. The summed E-state index contributed by atoms with van der Waals surface area (Å²) in [6, 6.07) is 13.2. The van der Waals surface area contributed by atoms with Crippen molar-refractivity contribution in [3.8, 4) is 11.3 Å². The molecular weight excluding hydrogens is 381 g/mol. The lowest BCUT2D eigenvalue weighted by molar-refractivity contribution is 0.404. The number of pyridine rings is 1. The topological polar surface area (TPSA) is 12.9 Å². The summed E-state index contributed by atoms with van der Waals surface area (Å²) in [4.78, 5) is 4.94.